The molecule has 1 atom stereocenters. The molecule has 0 bridgehead atoms. The molecule has 0 spiro atoms. The zero-order chi connectivity index (χ0) is 16.6. The Kier molecular flexibility index (Phi) is 5.82. The molecule has 5 nitrogen and oxygen atoms in total. The minimum absolute atomic E-state index is 0.0952. The molecule has 1 unspecified atom stereocenters. The topological polar surface area (TPSA) is 59.6 Å². The summed E-state index contributed by atoms with van der Waals surface area (Å²) in [7, 11) is 0. The van der Waals surface area contributed by atoms with Gasteiger partial charge in [-0.05, 0) is 11.6 Å². The van der Waals surface area contributed by atoms with Gasteiger partial charge in [0.05, 0.1) is 13.2 Å². The quantitative estimate of drug-likeness (QED) is 0.795. The van der Waals surface area contributed by atoms with Crippen LogP contribution < -0.4 is 15.4 Å². The Labute approximate surface area is 142 Å². The molecular formula is C19H22N2O3. The number of carbonyl (C=O) groups is 1. The number of nitrogens with one attached hydrogen (secondary N) is 2. The second-order valence-electron chi connectivity index (χ2n) is 5.57. The van der Waals surface area contributed by atoms with Crippen LogP contribution in [0.15, 0.2) is 54.6 Å². The first-order valence-corrected chi connectivity index (χ1v) is 8.22. The fourth-order valence-electron chi connectivity index (χ4n) is 2.63. The summed E-state index contributed by atoms with van der Waals surface area (Å²) in [6.45, 7) is 2.78. The monoisotopic (exact) mass is 326 g/mol. The first-order chi connectivity index (χ1) is 11.8. The highest BCUT2D eigenvalue weighted by Gasteiger charge is 2.21. The van der Waals surface area contributed by atoms with Crippen molar-refractivity contribution in [2.24, 2.45) is 0 Å². The van der Waals surface area contributed by atoms with Crippen LogP contribution in [0.5, 0.6) is 5.75 Å². The number of para-hydroxylation sites is 1. The van der Waals surface area contributed by atoms with Gasteiger partial charge in [-0.15, -0.1) is 0 Å². The highest BCUT2D eigenvalue weighted by Crippen LogP contribution is 2.29. The molecule has 24 heavy (non-hydrogen) atoms. The Balaban J connectivity index is 1.51. The van der Waals surface area contributed by atoms with Crippen LogP contribution in [0.4, 0.5) is 0 Å². The third kappa shape index (κ3) is 4.34. The molecule has 2 aromatic carbocycles. The van der Waals surface area contributed by atoms with E-state index in [0.717, 1.165) is 23.4 Å². The van der Waals surface area contributed by atoms with Crippen molar-refractivity contribution in [2.45, 2.75) is 6.10 Å². The summed E-state index contributed by atoms with van der Waals surface area (Å²) in [5, 5.41) is 5.99. The van der Waals surface area contributed by atoms with Gasteiger partial charge in [0.25, 0.3) is 5.91 Å². The lowest BCUT2D eigenvalue weighted by atomic mass is 10.1. The third-order valence-corrected chi connectivity index (χ3v) is 3.85. The van der Waals surface area contributed by atoms with E-state index in [1.165, 1.54) is 0 Å². The van der Waals surface area contributed by atoms with E-state index in [2.05, 4.69) is 22.8 Å². The van der Waals surface area contributed by atoms with E-state index in [-0.39, 0.29) is 5.91 Å². The van der Waals surface area contributed by atoms with Crippen LogP contribution in [0.2, 0.25) is 0 Å². The van der Waals surface area contributed by atoms with Gasteiger partial charge in [0.1, 0.15) is 18.5 Å². The highest BCUT2D eigenvalue weighted by molar-refractivity contribution is 5.81. The normalized spacial score (nSPS) is 17.2. The smallest absolute Gasteiger partial charge is 0.250 e. The Morgan fingerprint density at radius 3 is 2.75 bits per heavy atom. The minimum atomic E-state index is -0.407. The van der Waals surface area contributed by atoms with E-state index in [1.54, 1.807) is 0 Å². The molecule has 1 aliphatic heterocycles. The lowest BCUT2D eigenvalue weighted by Gasteiger charge is -2.22. The van der Waals surface area contributed by atoms with E-state index in [1.807, 2.05) is 42.5 Å². The van der Waals surface area contributed by atoms with Crippen LogP contribution in [0, 0.1) is 0 Å². The maximum Gasteiger partial charge on any atom is 0.250 e. The van der Waals surface area contributed by atoms with Crippen molar-refractivity contribution >= 4 is 5.91 Å². The van der Waals surface area contributed by atoms with E-state index in [0.29, 0.717) is 26.3 Å². The van der Waals surface area contributed by atoms with Gasteiger partial charge in [-0.3, -0.25) is 4.79 Å². The molecule has 3 rings (SSSR count). The van der Waals surface area contributed by atoms with E-state index in [9.17, 15) is 4.79 Å². The molecule has 126 valence electrons. The number of amides is 1. The number of morpholine rings is 1. The lowest BCUT2D eigenvalue weighted by molar-refractivity contribution is -0.134. The summed E-state index contributed by atoms with van der Waals surface area (Å²) < 4.78 is 11.3. The molecule has 5 heteroatoms. The van der Waals surface area contributed by atoms with Crippen molar-refractivity contribution in [3.63, 3.8) is 0 Å². The average molecular weight is 326 g/mol. The molecule has 0 saturated carbocycles. The van der Waals surface area contributed by atoms with Crippen LogP contribution >= 0.6 is 0 Å². The maximum atomic E-state index is 12.0. The maximum absolute atomic E-state index is 12.0. The molecule has 1 aliphatic rings. The Morgan fingerprint density at radius 1 is 1.17 bits per heavy atom. The van der Waals surface area contributed by atoms with Crippen molar-refractivity contribution in [3.05, 3.63) is 54.6 Å². The molecule has 0 aromatic heterocycles. The van der Waals surface area contributed by atoms with Crippen molar-refractivity contribution in [2.75, 3.05) is 32.8 Å². The predicted octanol–water partition coefficient (Wildman–Crippen LogP) is 1.84. The summed E-state index contributed by atoms with van der Waals surface area (Å²) in [6.07, 6.45) is -0.407. The molecule has 1 heterocycles. The second-order valence-corrected chi connectivity index (χ2v) is 5.57. The van der Waals surface area contributed by atoms with Crippen molar-refractivity contribution in [1.82, 2.24) is 10.6 Å². The van der Waals surface area contributed by atoms with E-state index >= 15 is 0 Å². The van der Waals surface area contributed by atoms with Gasteiger partial charge in [-0.1, -0.05) is 48.5 Å². The molecule has 1 amide bonds. The molecular weight excluding hydrogens is 304 g/mol. The second kappa shape index (κ2) is 8.47. The number of carbonyl (C=O) groups excluding carboxylic acids is 1. The summed E-state index contributed by atoms with van der Waals surface area (Å²) in [5.41, 5.74) is 2.16. The van der Waals surface area contributed by atoms with Crippen LogP contribution in [0.3, 0.4) is 0 Å². The first kappa shape index (κ1) is 16.5. The van der Waals surface area contributed by atoms with E-state index in [4.69, 9.17) is 9.47 Å². The summed E-state index contributed by atoms with van der Waals surface area (Å²) in [6, 6.07) is 18.0. The van der Waals surface area contributed by atoms with Gasteiger partial charge in [0.2, 0.25) is 0 Å². The molecule has 0 radical (unpaired) electrons. The lowest BCUT2D eigenvalue weighted by Crippen LogP contribution is -2.48. The standard InChI is InChI=1S/C19H22N2O3/c22-19(18-14-20-10-12-24-18)21-11-13-23-17-9-5-4-8-16(17)15-6-2-1-3-7-15/h1-9,18,20H,10-14H2,(H,21,22). The average Bonchev–Trinajstić information content (AvgIpc) is 2.67. The Morgan fingerprint density at radius 2 is 1.96 bits per heavy atom. The van der Waals surface area contributed by atoms with Gasteiger partial charge in [-0.25, -0.2) is 0 Å². The zero-order valence-electron chi connectivity index (χ0n) is 13.5. The molecule has 2 aromatic rings. The summed E-state index contributed by atoms with van der Waals surface area (Å²) in [4.78, 5) is 12.0. The van der Waals surface area contributed by atoms with Gasteiger partial charge in [-0.2, -0.15) is 0 Å². The Bertz CT molecular complexity index is 655. The van der Waals surface area contributed by atoms with Gasteiger partial charge in [0.15, 0.2) is 0 Å². The van der Waals surface area contributed by atoms with Gasteiger partial charge >= 0.3 is 0 Å². The number of hydrogen-bond acceptors (Lipinski definition) is 4. The third-order valence-electron chi connectivity index (χ3n) is 3.85. The molecule has 1 saturated heterocycles. The summed E-state index contributed by atoms with van der Waals surface area (Å²) >= 11 is 0. The zero-order valence-corrected chi connectivity index (χ0v) is 13.5. The SMILES string of the molecule is O=C(NCCOc1ccccc1-c1ccccc1)C1CNCCO1. The van der Waals surface area contributed by atoms with Crippen LogP contribution in [-0.4, -0.2) is 44.9 Å². The fourth-order valence-corrected chi connectivity index (χ4v) is 2.63. The summed E-state index contributed by atoms with van der Waals surface area (Å²) in [5.74, 6) is 0.718. The largest absolute Gasteiger partial charge is 0.491 e. The van der Waals surface area contributed by atoms with Crippen LogP contribution in [-0.2, 0) is 9.53 Å². The van der Waals surface area contributed by atoms with Crippen LogP contribution in [0.25, 0.3) is 11.1 Å². The molecule has 0 aliphatic carbocycles. The number of ether oxygens (including phenoxy) is 2. The predicted molar refractivity (Wildman–Crippen MR) is 93.0 cm³/mol. The van der Waals surface area contributed by atoms with Crippen molar-refractivity contribution in [1.29, 1.82) is 0 Å². The molecule has 2 N–H and O–H groups in total. The number of benzene rings is 2. The first-order valence-electron chi connectivity index (χ1n) is 8.22. The van der Waals surface area contributed by atoms with Crippen molar-refractivity contribution in [3.8, 4) is 16.9 Å². The highest BCUT2D eigenvalue weighted by atomic mass is 16.5. The van der Waals surface area contributed by atoms with Crippen molar-refractivity contribution < 1.29 is 14.3 Å². The van der Waals surface area contributed by atoms with Gasteiger partial charge < -0.3 is 20.1 Å². The molecule has 1 fully saturated rings. The van der Waals surface area contributed by atoms with Crippen LogP contribution in [0.1, 0.15) is 0 Å². The van der Waals surface area contributed by atoms with Gasteiger partial charge in [0, 0.05) is 18.7 Å². The minimum Gasteiger partial charge on any atom is -0.491 e. The number of rotatable bonds is 6. The number of hydrogen-bond donors (Lipinski definition) is 2. The van der Waals surface area contributed by atoms with E-state index < -0.39 is 6.10 Å². The fraction of sp³-hybridized carbons (Fsp3) is 0.316. The Hall–Kier alpha value is -2.37.